The summed E-state index contributed by atoms with van der Waals surface area (Å²) in [6.07, 6.45) is 0. The molecule has 0 saturated carbocycles. The normalized spacial score (nSPS) is 11.2. The molecule has 1 N–H and O–H groups in total. The molecule has 0 fully saturated rings. The number of benzene rings is 3. The molecule has 0 aliphatic heterocycles. The van der Waals surface area contributed by atoms with Gasteiger partial charge in [0.1, 0.15) is 5.75 Å². The Labute approximate surface area is 137 Å². The Hall–Kier alpha value is -2.58. The van der Waals surface area contributed by atoms with Crippen LogP contribution in [-0.4, -0.2) is 18.8 Å². The van der Waals surface area contributed by atoms with E-state index in [4.69, 9.17) is 4.74 Å². The van der Waals surface area contributed by atoms with Gasteiger partial charge in [-0.25, -0.2) is 0 Å². The fourth-order valence-electron chi connectivity index (χ4n) is 3.09. The van der Waals surface area contributed by atoms with Crippen LogP contribution in [0.25, 0.3) is 0 Å². The third kappa shape index (κ3) is 2.73. The summed E-state index contributed by atoms with van der Waals surface area (Å²) in [5.41, 5.74) is 2.59. The van der Waals surface area contributed by atoms with Crippen LogP contribution >= 0.6 is 0 Å². The summed E-state index contributed by atoms with van der Waals surface area (Å²) in [6, 6.07) is 28.2. The van der Waals surface area contributed by atoms with Crippen LogP contribution in [0.15, 0.2) is 84.9 Å². The number of rotatable bonds is 5. The van der Waals surface area contributed by atoms with Gasteiger partial charge in [-0.1, -0.05) is 72.8 Å². The molecule has 2 nitrogen and oxygen atoms in total. The van der Waals surface area contributed by atoms with Crippen LogP contribution in [0.4, 0.5) is 0 Å². The van der Waals surface area contributed by atoms with E-state index in [9.17, 15) is 5.11 Å². The van der Waals surface area contributed by atoms with Gasteiger partial charge in [0.15, 0.2) is 0 Å². The number of ether oxygens (including phenoxy) is 1. The molecule has 0 aliphatic carbocycles. The summed E-state index contributed by atoms with van der Waals surface area (Å²) >= 11 is 0. The smallest absolute Gasteiger partial charge is 0.118 e. The highest BCUT2D eigenvalue weighted by atomic mass is 16.5. The zero-order valence-electron chi connectivity index (χ0n) is 13.1. The van der Waals surface area contributed by atoms with Crippen molar-refractivity contribution in [2.24, 2.45) is 0 Å². The van der Waals surface area contributed by atoms with Gasteiger partial charge in [-0.3, -0.25) is 0 Å². The first-order valence-electron chi connectivity index (χ1n) is 7.67. The van der Waals surface area contributed by atoms with Crippen LogP contribution in [-0.2, 0) is 5.41 Å². The largest absolute Gasteiger partial charge is 0.497 e. The zero-order chi connectivity index (χ0) is 16.1. The third-order valence-electron chi connectivity index (χ3n) is 4.35. The number of aliphatic hydroxyl groups excluding tert-OH is 1. The molecule has 0 aromatic heterocycles. The summed E-state index contributed by atoms with van der Waals surface area (Å²) in [5.74, 6) is 0.807. The molecule has 0 spiro atoms. The van der Waals surface area contributed by atoms with E-state index in [1.807, 2.05) is 60.7 Å². The van der Waals surface area contributed by atoms with Gasteiger partial charge < -0.3 is 9.84 Å². The first kappa shape index (κ1) is 15.3. The van der Waals surface area contributed by atoms with Crippen molar-refractivity contribution in [3.05, 3.63) is 102 Å². The number of aliphatic hydroxyl groups is 1. The fourth-order valence-corrected chi connectivity index (χ4v) is 3.09. The molecule has 0 heterocycles. The molecule has 0 unspecified atom stereocenters. The molecule has 23 heavy (non-hydrogen) atoms. The van der Waals surface area contributed by atoms with E-state index >= 15 is 0 Å². The second-order valence-electron chi connectivity index (χ2n) is 5.52. The summed E-state index contributed by atoms with van der Waals surface area (Å²) < 4.78 is 5.26. The fraction of sp³-hybridized carbons (Fsp3) is 0.143. The molecular weight excluding hydrogens is 284 g/mol. The Morgan fingerprint density at radius 3 is 1.52 bits per heavy atom. The molecule has 3 rings (SSSR count). The van der Waals surface area contributed by atoms with Crippen molar-refractivity contribution in [3.8, 4) is 5.75 Å². The van der Waals surface area contributed by atoms with Crippen molar-refractivity contribution in [3.63, 3.8) is 0 Å². The molecule has 0 saturated heterocycles. The Morgan fingerprint density at radius 1 is 0.696 bits per heavy atom. The molecule has 0 atom stereocenters. The van der Waals surface area contributed by atoms with Crippen molar-refractivity contribution >= 4 is 0 Å². The maximum Gasteiger partial charge on any atom is 0.118 e. The molecule has 0 amide bonds. The summed E-state index contributed by atoms with van der Waals surface area (Å²) in [5, 5.41) is 10.4. The second-order valence-corrected chi connectivity index (χ2v) is 5.52. The first-order valence-corrected chi connectivity index (χ1v) is 7.67. The molecule has 116 valence electrons. The minimum atomic E-state index is -0.589. The average molecular weight is 304 g/mol. The van der Waals surface area contributed by atoms with Crippen molar-refractivity contribution in [1.29, 1.82) is 0 Å². The molecular formula is C21H20O2. The van der Waals surface area contributed by atoms with E-state index in [2.05, 4.69) is 24.3 Å². The minimum absolute atomic E-state index is 0.00659. The van der Waals surface area contributed by atoms with Crippen molar-refractivity contribution in [2.45, 2.75) is 5.41 Å². The lowest BCUT2D eigenvalue weighted by molar-refractivity contribution is 0.243. The van der Waals surface area contributed by atoms with Crippen LogP contribution < -0.4 is 4.74 Å². The predicted octanol–water partition coefficient (Wildman–Crippen LogP) is 4.02. The quantitative estimate of drug-likeness (QED) is 0.721. The lowest BCUT2D eigenvalue weighted by Gasteiger charge is -2.34. The number of hydrogen-bond acceptors (Lipinski definition) is 2. The Balaban J connectivity index is 2.24. The van der Waals surface area contributed by atoms with Gasteiger partial charge in [0.05, 0.1) is 19.1 Å². The van der Waals surface area contributed by atoms with E-state index in [0.717, 1.165) is 22.4 Å². The molecule has 2 heteroatoms. The third-order valence-corrected chi connectivity index (χ3v) is 4.35. The van der Waals surface area contributed by atoms with Crippen LogP contribution in [0.1, 0.15) is 16.7 Å². The van der Waals surface area contributed by atoms with Crippen molar-refractivity contribution in [2.75, 3.05) is 13.7 Å². The van der Waals surface area contributed by atoms with Gasteiger partial charge >= 0.3 is 0 Å². The van der Waals surface area contributed by atoms with Gasteiger partial charge in [0.2, 0.25) is 0 Å². The van der Waals surface area contributed by atoms with Gasteiger partial charge in [0, 0.05) is 0 Å². The maximum absolute atomic E-state index is 10.4. The molecule has 0 aliphatic rings. The second kappa shape index (κ2) is 6.67. The highest BCUT2D eigenvalue weighted by Gasteiger charge is 2.35. The van der Waals surface area contributed by atoms with E-state index in [0.29, 0.717) is 0 Å². The Bertz CT molecular complexity index is 694. The minimum Gasteiger partial charge on any atom is -0.497 e. The molecule has 3 aromatic rings. The van der Waals surface area contributed by atoms with Gasteiger partial charge in [-0.05, 0) is 28.8 Å². The number of hydrogen-bond donors (Lipinski definition) is 1. The lowest BCUT2D eigenvalue weighted by Crippen LogP contribution is -2.33. The van der Waals surface area contributed by atoms with E-state index in [1.54, 1.807) is 7.11 Å². The van der Waals surface area contributed by atoms with Crippen LogP contribution in [0.5, 0.6) is 5.75 Å². The highest BCUT2D eigenvalue weighted by molar-refractivity contribution is 5.51. The molecule has 0 radical (unpaired) electrons. The monoisotopic (exact) mass is 304 g/mol. The zero-order valence-corrected chi connectivity index (χ0v) is 13.1. The standard InChI is InChI=1S/C21H20O2/c1-23-20-14-12-19(13-15-20)21(16-22,17-8-4-2-5-9-17)18-10-6-3-7-11-18/h2-15,22H,16H2,1H3. The van der Waals surface area contributed by atoms with Crippen molar-refractivity contribution < 1.29 is 9.84 Å². The van der Waals surface area contributed by atoms with Crippen LogP contribution in [0.2, 0.25) is 0 Å². The SMILES string of the molecule is COc1ccc(C(CO)(c2ccccc2)c2ccccc2)cc1. The van der Waals surface area contributed by atoms with Gasteiger partial charge in [-0.2, -0.15) is 0 Å². The summed E-state index contributed by atoms with van der Waals surface area (Å²) in [6.45, 7) is -0.00659. The number of methoxy groups -OCH3 is 1. The van der Waals surface area contributed by atoms with E-state index in [1.165, 1.54) is 0 Å². The first-order chi connectivity index (χ1) is 11.3. The molecule has 0 bridgehead atoms. The average Bonchev–Trinajstić information content (AvgIpc) is 2.65. The Morgan fingerprint density at radius 2 is 1.13 bits per heavy atom. The van der Waals surface area contributed by atoms with Crippen molar-refractivity contribution in [1.82, 2.24) is 0 Å². The predicted molar refractivity (Wildman–Crippen MR) is 92.8 cm³/mol. The Kier molecular flexibility index (Phi) is 4.45. The van der Waals surface area contributed by atoms with Crippen LogP contribution in [0.3, 0.4) is 0 Å². The van der Waals surface area contributed by atoms with Gasteiger partial charge in [0.25, 0.3) is 0 Å². The summed E-state index contributed by atoms with van der Waals surface area (Å²) in [4.78, 5) is 0. The van der Waals surface area contributed by atoms with E-state index in [-0.39, 0.29) is 6.61 Å². The van der Waals surface area contributed by atoms with E-state index < -0.39 is 5.41 Å². The topological polar surface area (TPSA) is 29.5 Å². The molecule has 3 aromatic carbocycles. The highest BCUT2D eigenvalue weighted by Crippen LogP contribution is 2.39. The van der Waals surface area contributed by atoms with Crippen LogP contribution in [0, 0.1) is 0 Å². The lowest BCUT2D eigenvalue weighted by atomic mass is 9.70. The summed E-state index contributed by atoms with van der Waals surface area (Å²) in [7, 11) is 1.66. The van der Waals surface area contributed by atoms with Gasteiger partial charge in [-0.15, -0.1) is 0 Å². The maximum atomic E-state index is 10.4.